The molecule has 0 aliphatic rings. The molecule has 0 radical (unpaired) electrons. The van der Waals surface area contributed by atoms with Gasteiger partial charge in [0, 0.05) is 23.3 Å². The number of hydrogen-bond acceptors (Lipinski definition) is 2. The Labute approximate surface area is 147 Å². The number of rotatable bonds is 4. The molecule has 0 fully saturated rings. The van der Waals surface area contributed by atoms with E-state index in [0.717, 1.165) is 22.4 Å². The van der Waals surface area contributed by atoms with Gasteiger partial charge >= 0.3 is 0 Å². The van der Waals surface area contributed by atoms with E-state index in [1.165, 1.54) is 11.8 Å². The Morgan fingerprint density at radius 2 is 1.62 bits per heavy atom. The summed E-state index contributed by atoms with van der Waals surface area (Å²) in [5, 5.41) is 3.47. The molecule has 0 aliphatic carbocycles. The first kappa shape index (κ1) is 18.0. The van der Waals surface area contributed by atoms with Crippen LogP contribution in [-0.4, -0.2) is 18.4 Å². The lowest BCUT2D eigenvalue weighted by molar-refractivity contribution is -0.120. The Kier molecular flexibility index (Phi) is 5.62. The van der Waals surface area contributed by atoms with Gasteiger partial charge in [0.2, 0.25) is 11.8 Å². The molecule has 0 bridgehead atoms. The van der Waals surface area contributed by atoms with Crippen molar-refractivity contribution in [2.24, 2.45) is 0 Å². The summed E-state index contributed by atoms with van der Waals surface area (Å²) in [7, 11) is 0. The Morgan fingerprint density at radius 3 is 2.21 bits per heavy atom. The average Bonchev–Trinajstić information content (AvgIpc) is 2.51. The van der Waals surface area contributed by atoms with Gasteiger partial charge in [0.15, 0.2) is 0 Å². The van der Waals surface area contributed by atoms with Gasteiger partial charge in [0.05, 0.1) is 0 Å². The topological polar surface area (TPSA) is 49.4 Å². The van der Waals surface area contributed by atoms with Gasteiger partial charge in [-0.3, -0.25) is 9.59 Å². The van der Waals surface area contributed by atoms with E-state index in [0.29, 0.717) is 10.7 Å². The van der Waals surface area contributed by atoms with Gasteiger partial charge in [-0.1, -0.05) is 35.9 Å². The van der Waals surface area contributed by atoms with Crippen molar-refractivity contribution in [3.63, 3.8) is 0 Å². The number of halogens is 1. The minimum Gasteiger partial charge on any atom is -0.324 e. The van der Waals surface area contributed by atoms with Crippen LogP contribution in [0.4, 0.5) is 11.4 Å². The Balaban J connectivity index is 2.24. The third-order valence-electron chi connectivity index (χ3n) is 3.96. The number of benzene rings is 2. The van der Waals surface area contributed by atoms with Gasteiger partial charge in [0.25, 0.3) is 0 Å². The van der Waals surface area contributed by atoms with E-state index >= 15 is 0 Å². The quantitative estimate of drug-likeness (QED) is 0.901. The highest BCUT2D eigenvalue weighted by Crippen LogP contribution is 2.27. The van der Waals surface area contributed by atoms with Crippen LogP contribution in [0, 0.1) is 20.8 Å². The Morgan fingerprint density at radius 1 is 1.04 bits per heavy atom. The molecule has 0 saturated heterocycles. The van der Waals surface area contributed by atoms with Gasteiger partial charge in [-0.15, -0.1) is 0 Å². The zero-order valence-electron chi connectivity index (χ0n) is 14.3. The van der Waals surface area contributed by atoms with Crippen molar-refractivity contribution in [3.8, 4) is 0 Å². The third-order valence-corrected chi connectivity index (χ3v) is 4.37. The van der Waals surface area contributed by atoms with Crippen molar-refractivity contribution in [2.75, 3.05) is 16.8 Å². The summed E-state index contributed by atoms with van der Waals surface area (Å²) >= 11 is 6.13. The SMILES string of the molecule is CC(=O)N(CC(=O)Nc1c(C)cccc1C)c1cccc(Cl)c1C. The molecule has 5 heteroatoms. The predicted molar refractivity (Wildman–Crippen MR) is 98.8 cm³/mol. The number of carbonyl (C=O) groups is 2. The number of para-hydroxylation sites is 1. The lowest BCUT2D eigenvalue weighted by Crippen LogP contribution is -2.37. The number of aryl methyl sites for hydroxylation is 2. The molecule has 2 amide bonds. The van der Waals surface area contributed by atoms with Crippen LogP contribution in [0.2, 0.25) is 5.02 Å². The maximum absolute atomic E-state index is 12.5. The molecule has 126 valence electrons. The van der Waals surface area contributed by atoms with Crippen LogP contribution in [0.5, 0.6) is 0 Å². The van der Waals surface area contributed by atoms with Crippen molar-refractivity contribution in [3.05, 3.63) is 58.1 Å². The van der Waals surface area contributed by atoms with Gasteiger partial charge < -0.3 is 10.2 Å². The fourth-order valence-electron chi connectivity index (χ4n) is 2.59. The summed E-state index contributed by atoms with van der Waals surface area (Å²) in [6.45, 7) is 7.08. The maximum Gasteiger partial charge on any atom is 0.244 e. The van der Waals surface area contributed by atoms with Gasteiger partial charge in [-0.25, -0.2) is 0 Å². The summed E-state index contributed by atoms with van der Waals surface area (Å²) in [5.41, 5.74) is 4.17. The lowest BCUT2D eigenvalue weighted by Gasteiger charge is -2.23. The van der Waals surface area contributed by atoms with Crippen LogP contribution in [0.3, 0.4) is 0 Å². The first-order valence-corrected chi connectivity index (χ1v) is 8.08. The number of nitrogens with one attached hydrogen (secondary N) is 1. The second-order valence-electron chi connectivity index (χ2n) is 5.80. The van der Waals surface area contributed by atoms with Crippen molar-refractivity contribution >= 4 is 34.8 Å². The van der Waals surface area contributed by atoms with E-state index < -0.39 is 0 Å². The smallest absolute Gasteiger partial charge is 0.244 e. The minimum atomic E-state index is -0.248. The van der Waals surface area contributed by atoms with Crippen molar-refractivity contribution < 1.29 is 9.59 Å². The van der Waals surface area contributed by atoms with E-state index in [-0.39, 0.29) is 18.4 Å². The van der Waals surface area contributed by atoms with Crippen molar-refractivity contribution in [2.45, 2.75) is 27.7 Å². The highest BCUT2D eigenvalue weighted by atomic mass is 35.5. The van der Waals surface area contributed by atoms with Crippen molar-refractivity contribution in [1.29, 1.82) is 0 Å². The lowest BCUT2D eigenvalue weighted by atomic mass is 10.1. The minimum absolute atomic E-state index is 0.0652. The molecule has 24 heavy (non-hydrogen) atoms. The fourth-order valence-corrected chi connectivity index (χ4v) is 2.76. The summed E-state index contributed by atoms with van der Waals surface area (Å²) in [5.74, 6) is -0.459. The molecule has 4 nitrogen and oxygen atoms in total. The van der Waals surface area contributed by atoms with Gasteiger partial charge in [0.1, 0.15) is 6.54 Å². The molecule has 0 aromatic heterocycles. The second-order valence-corrected chi connectivity index (χ2v) is 6.21. The summed E-state index contributed by atoms with van der Waals surface area (Å²) in [6.07, 6.45) is 0. The fraction of sp³-hybridized carbons (Fsp3) is 0.263. The first-order valence-electron chi connectivity index (χ1n) is 7.70. The molecule has 0 heterocycles. The van der Waals surface area contributed by atoms with Crippen LogP contribution in [0.15, 0.2) is 36.4 Å². The molecule has 1 N–H and O–H groups in total. The normalized spacial score (nSPS) is 10.4. The molecule has 2 aromatic carbocycles. The summed E-state index contributed by atoms with van der Waals surface area (Å²) < 4.78 is 0. The molecule has 0 saturated carbocycles. The largest absolute Gasteiger partial charge is 0.324 e. The van der Waals surface area contributed by atoms with Crippen molar-refractivity contribution in [1.82, 2.24) is 0 Å². The molecule has 0 atom stereocenters. The van der Waals surface area contributed by atoms with E-state index in [1.54, 1.807) is 18.2 Å². The molecule has 0 spiro atoms. The average molecular weight is 345 g/mol. The highest BCUT2D eigenvalue weighted by Gasteiger charge is 2.19. The Hall–Kier alpha value is -2.33. The summed E-state index contributed by atoms with van der Waals surface area (Å²) in [4.78, 5) is 25.9. The molecule has 0 unspecified atom stereocenters. The van der Waals surface area contributed by atoms with E-state index in [9.17, 15) is 9.59 Å². The highest BCUT2D eigenvalue weighted by molar-refractivity contribution is 6.31. The van der Waals surface area contributed by atoms with Gasteiger partial charge in [-0.2, -0.15) is 0 Å². The van der Waals surface area contributed by atoms with Crippen LogP contribution < -0.4 is 10.2 Å². The molecule has 2 aromatic rings. The molecular formula is C19H21ClN2O2. The standard InChI is InChI=1S/C19H21ClN2O2/c1-12-7-5-8-13(2)19(12)21-18(24)11-22(15(4)23)17-10-6-9-16(20)14(17)3/h5-10H,11H2,1-4H3,(H,21,24). The molecule has 2 rings (SSSR count). The summed E-state index contributed by atoms with van der Waals surface area (Å²) in [6, 6.07) is 11.1. The third kappa shape index (κ3) is 3.95. The zero-order chi connectivity index (χ0) is 17.9. The number of nitrogens with zero attached hydrogens (tertiary/aromatic N) is 1. The van der Waals surface area contributed by atoms with E-state index in [4.69, 9.17) is 11.6 Å². The number of amides is 2. The van der Waals surface area contributed by atoms with Crippen LogP contribution in [-0.2, 0) is 9.59 Å². The number of anilines is 2. The van der Waals surface area contributed by atoms with Crippen LogP contribution in [0.25, 0.3) is 0 Å². The first-order chi connectivity index (χ1) is 11.3. The number of carbonyl (C=O) groups excluding carboxylic acids is 2. The van der Waals surface area contributed by atoms with Gasteiger partial charge in [-0.05, 0) is 49.6 Å². The molecule has 0 aliphatic heterocycles. The van der Waals surface area contributed by atoms with Crippen LogP contribution in [0.1, 0.15) is 23.6 Å². The van der Waals surface area contributed by atoms with E-state index in [2.05, 4.69) is 5.32 Å². The maximum atomic E-state index is 12.5. The molecular weight excluding hydrogens is 324 g/mol. The van der Waals surface area contributed by atoms with Crippen LogP contribution >= 0.6 is 11.6 Å². The number of hydrogen-bond donors (Lipinski definition) is 1. The Bertz CT molecular complexity index is 767. The zero-order valence-corrected chi connectivity index (χ0v) is 15.1. The monoisotopic (exact) mass is 344 g/mol. The predicted octanol–water partition coefficient (Wildman–Crippen LogP) is 4.26. The van der Waals surface area contributed by atoms with E-state index in [1.807, 2.05) is 39.0 Å². The second kappa shape index (κ2) is 7.49.